The summed E-state index contributed by atoms with van der Waals surface area (Å²) in [4.78, 5) is 9.38. The first kappa shape index (κ1) is 18.9. The van der Waals surface area contributed by atoms with Crippen molar-refractivity contribution in [1.29, 1.82) is 0 Å². The number of piperidine rings is 1. The van der Waals surface area contributed by atoms with Crippen LogP contribution < -0.4 is 0 Å². The molecule has 1 fully saturated rings. The SMILES string of the molecule is CCn1c(CSc2nccs2)nc2cc(S(=O)(=O)N3CCCCC3)ccc21. The van der Waals surface area contributed by atoms with Gasteiger partial charge in [0.1, 0.15) is 10.2 Å². The monoisotopic (exact) mass is 422 g/mol. The third-order valence-corrected chi connectivity index (χ3v) is 8.66. The van der Waals surface area contributed by atoms with Gasteiger partial charge in [0, 0.05) is 31.2 Å². The average Bonchev–Trinajstić information content (AvgIpc) is 3.33. The van der Waals surface area contributed by atoms with E-state index in [-0.39, 0.29) is 0 Å². The molecule has 2 aromatic heterocycles. The maximum atomic E-state index is 13.0. The van der Waals surface area contributed by atoms with Crippen molar-refractivity contribution in [3.8, 4) is 0 Å². The fourth-order valence-electron chi connectivity index (χ4n) is 3.45. The lowest BCUT2D eigenvalue weighted by Gasteiger charge is -2.25. The van der Waals surface area contributed by atoms with Gasteiger partial charge >= 0.3 is 0 Å². The molecule has 0 bridgehead atoms. The number of thiazole rings is 1. The minimum atomic E-state index is -3.44. The van der Waals surface area contributed by atoms with Gasteiger partial charge in [-0.1, -0.05) is 18.2 Å². The largest absolute Gasteiger partial charge is 0.328 e. The second kappa shape index (κ2) is 7.90. The Hall–Kier alpha value is -1.42. The van der Waals surface area contributed by atoms with Gasteiger partial charge in [0.05, 0.1) is 21.7 Å². The lowest BCUT2D eigenvalue weighted by Crippen LogP contribution is -2.35. The van der Waals surface area contributed by atoms with Gasteiger partial charge in [-0.2, -0.15) is 4.31 Å². The molecule has 0 atom stereocenters. The van der Waals surface area contributed by atoms with Crippen LogP contribution in [0.5, 0.6) is 0 Å². The van der Waals surface area contributed by atoms with E-state index in [1.54, 1.807) is 45.7 Å². The molecule has 0 saturated carbocycles. The van der Waals surface area contributed by atoms with Gasteiger partial charge in [-0.3, -0.25) is 0 Å². The molecular weight excluding hydrogens is 400 g/mol. The zero-order valence-corrected chi connectivity index (χ0v) is 17.6. The number of benzene rings is 1. The molecule has 0 unspecified atom stereocenters. The van der Waals surface area contributed by atoms with E-state index in [4.69, 9.17) is 4.98 Å². The minimum Gasteiger partial charge on any atom is -0.328 e. The lowest BCUT2D eigenvalue weighted by molar-refractivity contribution is 0.346. The summed E-state index contributed by atoms with van der Waals surface area (Å²) >= 11 is 3.27. The van der Waals surface area contributed by atoms with Crippen LogP contribution in [0.4, 0.5) is 0 Å². The van der Waals surface area contributed by atoms with Crippen molar-refractivity contribution in [2.75, 3.05) is 13.1 Å². The Morgan fingerprint density at radius 2 is 2.04 bits per heavy atom. The van der Waals surface area contributed by atoms with Crippen molar-refractivity contribution >= 4 is 44.2 Å². The third kappa shape index (κ3) is 3.78. The Morgan fingerprint density at radius 1 is 1.22 bits per heavy atom. The van der Waals surface area contributed by atoms with Crippen LogP contribution >= 0.6 is 23.1 Å². The number of thioether (sulfide) groups is 1. The number of hydrogen-bond donors (Lipinski definition) is 0. The Bertz CT molecular complexity index is 1020. The molecule has 0 radical (unpaired) electrons. The van der Waals surface area contributed by atoms with E-state index >= 15 is 0 Å². The molecule has 1 aliphatic rings. The van der Waals surface area contributed by atoms with Gasteiger partial charge in [-0.25, -0.2) is 18.4 Å². The van der Waals surface area contributed by atoms with Gasteiger partial charge in [0.2, 0.25) is 10.0 Å². The molecule has 0 N–H and O–H groups in total. The summed E-state index contributed by atoms with van der Waals surface area (Å²) in [7, 11) is -3.44. The van der Waals surface area contributed by atoms with E-state index in [0.29, 0.717) is 23.7 Å². The maximum absolute atomic E-state index is 13.0. The zero-order chi connectivity index (χ0) is 18.9. The van der Waals surface area contributed by atoms with Gasteiger partial charge in [-0.15, -0.1) is 11.3 Å². The highest BCUT2D eigenvalue weighted by atomic mass is 32.2. The topological polar surface area (TPSA) is 68.1 Å². The number of sulfonamides is 1. The van der Waals surface area contributed by atoms with Crippen molar-refractivity contribution < 1.29 is 8.42 Å². The van der Waals surface area contributed by atoms with Crippen molar-refractivity contribution in [2.45, 2.75) is 47.7 Å². The molecule has 144 valence electrons. The number of nitrogens with zero attached hydrogens (tertiary/aromatic N) is 4. The van der Waals surface area contributed by atoms with Crippen molar-refractivity contribution in [3.63, 3.8) is 0 Å². The van der Waals surface area contributed by atoms with Crippen LogP contribution in [0.25, 0.3) is 11.0 Å². The Morgan fingerprint density at radius 3 is 2.74 bits per heavy atom. The zero-order valence-electron chi connectivity index (χ0n) is 15.2. The summed E-state index contributed by atoms with van der Waals surface area (Å²) < 4.78 is 30.7. The second-order valence-electron chi connectivity index (χ2n) is 6.47. The van der Waals surface area contributed by atoms with Gasteiger partial charge in [0.25, 0.3) is 0 Å². The van der Waals surface area contributed by atoms with Gasteiger partial charge in [-0.05, 0) is 38.0 Å². The van der Waals surface area contributed by atoms with Crippen LogP contribution in [-0.2, 0) is 22.3 Å². The fourth-order valence-corrected chi connectivity index (χ4v) is 6.57. The molecule has 9 heteroatoms. The highest BCUT2D eigenvalue weighted by Gasteiger charge is 2.26. The molecular formula is C18H22N4O2S3. The first-order valence-corrected chi connectivity index (χ1v) is 12.4. The van der Waals surface area contributed by atoms with Crippen LogP contribution in [0.2, 0.25) is 0 Å². The van der Waals surface area contributed by atoms with Crippen LogP contribution in [0.3, 0.4) is 0 Å². The van der Waals surface area contributed by atoms with E-state index in [0.717, 1.165) is 47.0 Å². The van der Waals surface area contributed by atoms with Gasteiger partial charge < -0.3 is 4.57 Å². The predicted octanol–water partition coefficient (Wildman–Crippen LogP) is 3.98. The normalized spacial score (nSPS) is 16.2. The Kier molecular flexibility index (Phi) is 5.54. The highest BCUT2D eigenvalue weighted by molar-refractivity contribution is 8.00. The Balaban J connectivity index is 1.65. The first-order chi connectivity index (χ1) is 13.1. The average molecular weight is 423 g/mol. The van der Waals surface area contributed by atoms with Crippen LogP contribution in [0, 0.1) is 0 Å². The van der Waals surface area contributed by atoms with Crippen molar-refractivity contribution in [1.82, 2.24) is 18.8 Å². The summed E-state index contributed by atoms with van der Waals surface area (Å²) in [5.74, 6) is 1.66. The summed E-state index contributed by atoms with van der Waals surface area (Å²) in [6, 6.07) is 5.33. The number of imidazole rings is 1. The van der Waals surface area contributed by atoms with E-state index in [9.17, 15) is 8.42 Å². The smallest absolute Gasteiger partial charge is 0.243 e. The molecule has 1 aromatic carbocycles. The third-order valence-electron chi connectivity index (χ3n) is 4.80. The number of aromatic nitrogens is 3. The molecule has 1 aliphatic heterocycles. The van der Waals surface area contributed by atoms with E-state index < -0.39 is 10.0 Å². The highest BCUT2D eigenvalue weighted by Crippen LogP contribution is 2.28. The molecule has 3 aromatic rings. The molecule has 6 nitrogen and oxygen atoms in total. The van der Waals surface area contributed by atoms with Crippen molar-refractivity contribution in [3.05, 3.63) is 35.6 Å². The summed E-state index contributed by atoms with van der Waals surface area (Å²) in [5.41, 5.74) is 1.72. The minimum absolute atomic E-state index is 0.344. The van der Waals surface area contributed by atoms with Crippen LogP contribution in [0.15, 0.2) is 39.0 Å². The summed E-state index contributed by atoms with van der Waals surface area (Å²) in [6.45, 7) is 4.10. The molecule has 3 heterocycles. The molecule has 0 aliphatic carbocycles. The predicted molar refractivity (Wildman–Crippen MR) is 110 cm³/mol. The van der Waals surface area contributed by atoms with E-state index in [2.05, 4.69) is 16.5 Å². The first-order valence-electron chi connectivity index (χ1n) is 9.11. The standard InChI is InChI=1S/C18H22N4O2S3/c1-2-22-16-7-6-14(27(23,24)21-9-4-3-5-10-21)12-15(16)20-17(22)13-26-18-19-8-11-25-18/h6-8,11-12H,2-5,9-10,13H2,1H3. The lowest BCUT2D eigenvalue weighted by atomic mass is 10.2. The second-order valence-corrected chi connectivity index (χ2v) is 10.5. The van der Waals surface area contributed by atoms with Crippen LogP contribution in [0.1, 0.15) is 32.0 Å². The number of fused-ring (bicyclic) bond motifs is 1. The van der Waals surface area contributed by atoms with E-state index in [1.165, 1.54) is 0 Å². The summed E-state index contributed by atoms with van der Waals surface area (Å²) in [6.07, 6.45) is 4.77. The van der Waals surface area contributed by atoms with Gasteiger partial charge in [0.15, 0.2) is 0 Å². The molecule has 0 amide bonds. The molecule has 4 rings (SSSR count). The maximum Gasteiger partial charge on any atom is 0.243 e. The molecule has 27 heavy (non-hydrogen) atoms. The molecule has 0 spiro atoms. The summed E-state index contributed by atoms with van der Waals surface area (Å²) in [5, 5.41) is 1.96. The number of aryl methyl sites for hydroxylation is 1. The van der Waals surface area contributed by atoms with Crippen LogP contribution in [-0.4, -0.2) is 40.3 Å². The number of hydrogen-bond acceptors (Lipinski definition) is 6. The van der Waals surface area contributed by atoms with Crippen molar-refractivity contribution in [2.24, 2.45) is 0 Å². The fraction of sp³-hybridized carbons (Fsp3) is 0.444. The van der Waals surface area contributed by atoms with E-state index in [1.807, 2.05) is 11.4 Å². The Labute approximate surface area is 167 Å². The molecule has 1 saturated heterocycles. The number of rotatable bonds is 6. The quantitative estimate of drug-likeness (QED) is 0.562.